The van der Waals surface area contributed by atoms with Crippen LogP contribution in [0.4, 0.5) is 16.2 Å². The maximum atomic E-state index is 11.8. The molecule has 1 aromatic carbocycles. The van der Waals surface area contributed by atoms with Crippen LogP contribution in [0.2, 0.25) is 0 Å². The maximum Gasteiger partial charge on any atom is 0.328 e. The average Bonchev–Trinajstić information content (AvgIpc) is 2.37. The zero-order valence-corrected chi connectivity index (χ0v) is 10.4. The van der Waals surface area contributed by atoms with Gasteiger partial charge in [0.1, 0.15) is 0 Å². The summed E-state index contributed by atoms with van der Waals surface area (Å²) in [7, 11) is 3.31. The molecule has 0 spiro atoms. The third-order valence-electron chi connectivity index (χ3n) is 2.51. The third kappa shape index (κ3) is 2.08. The highest BCUT2D eigenvalue weighted by Gasteiger charge is 2.29. The molecule has 6 heteroatoms. The molecule has 1 aliphatic rings. The number of nitrogens with zero attached hydrogens (tertiary/aromatic N) is 1. The lowest BCUT2D eigenvalue weighted by Gasteiger charge is -2.27. The smallest absolute Gasteiger partial charge is 0.328 e. The maximum absolute atomic E-state index is 11.8. The van der Waals surface area contributed by atoms with Gasteiger partial charge >= 0.3 is 6.03 Å². The van der Waals surface area contributed by atoms with Crippen LogP contribution in [-0.4, -0.2) is 31.8 Å². The molecule has 1 aromatic rings. The molecule has 2 N–H and O–H groups in total. The number of carbonyl (C=O) groups excluding carboxylic acids is 2. The van der Waals surface area contributed by atoms with Gasteiger partial charge in [-0.05, 0) is 18.2 Å². The van der Waals surface area contributed by atoms with Crippen molar-refractivity contribution in [3.63, 3.8) is 0 Å². The molecule has 0 aliphatic carbocycles. The van der Waals surface area contributed by atoms with Crippen molar-refractivity contribution in [2.24, 2.45) is 0 Å². The second-order valence-electron chi connectivity index (χ2n) is 3.51. The van der Waals surface area contributed by atoms with E-state index in [0.717, 1.165) is 10.6 Å². The largest absolute Gasteiger partial charge is 0.388 e. The van der Waals surface area contributed by atoms with Gasteiger partial charge in [-0.15, -0.1) is 11.8 Å². The van der Waals surface area contributed by atoms with Gasteiger partial charge in [0.2, 0.25) is 5.91 Å². The summed E-state index contributed by atoms with van der Waals surface area (Å²) >= 11 is 1.45. The van der Waals surface area contributed by atoms with Crippen molar-refractivity contribution in [1.82, 2.24) is 5.32 Å². The van der Waals surface area contributed by atoms with Crippen LogP contribution >= 0.6 is 11.8 Å². The number of hydrogen-bond acceptors (Lipinski definition) is 4. The van der Waals surface area contributed by atoms with Crippen molar-refractivity contribution in [2.45, 2.75) is 4.90 Å². The van der Waals surface area contributed by atoms with E-state index in [1.54, 1.807) is 13.1 Å². The summed E-state index contributed by atoms with van der Waals surface area (Å²) in [6.45, 7) is 0. The summed E-state index contributed by atoms with van der Waals surface area (Å²) < 4.78 is 0. The van der Waals surface area contributed by atoms with Crippen LogP contribution in [0.3, 0.4) is 0 Å². The Kier molecular flexibility index (Phi) is 3.23. The van der Waals surface area contributed by atoms with E-state index in [-0.39, 0.29) is 5.91 Å². The van der Waals surface area contributed by atoms with Crippen molar-refractivity contribution < 1.29 is 9.59 Å². The number of imide groups is 1. The first-order chi connectivity index (χ1) is 8.17. The van der Waals surface area contributed by atoms with E-state index in [9.17, 15) is 9.59 Å². The first kappa shape index (κ1) is 11.8. The summed E-state index contributed by atoms with van der Waals surface area (Å²) in [5, 5.41) is 5.47. The Balaban J connectivity index is 2.48. The Bertz CT molecular complexity index is 476. The summed E-state index contributed by atoms with van der Waals surface area (Å²) in [6.07, 6.45) is 0. The Morgan fingerprint density at radius 2 is 2.18 bits per heavy atom. The molecule has 17 heavy (non-hydrogen) atoms. The van der Waals surface area contributed by atoms with E-state index in [4.69, 9.17) is 0 Å². The lowest BCUT2D eigenvalue weighted by Crippen LogP contribution is -2.45. The van der Waals surface area contributed by atoms with Crippen LogP contribution in [0.1, 0.15) is 0 Å². The van der Waals surface area contributed by atoms with Gasteiger partial charge in [0.15, 0.2) is 0 Å². The quantitative estimate of drug-likeness (QED) is 0.794. The Morgan fingerprint density at radius 1 is 1.41 bits per heavy atom. The molecule has 0 bridgehead atoms. The molecular formula is C11H13N3O2S. The highest BCUT2D eigenvalue weighted by atomic mass is 32.2. The van der Waals surface area contributed by atoms with Crippen LogP contribution in [-0.2, 0) is 4.79 Å². The number of thioether (sulfide) groups is 1. The van der Waals surface area contributed by atoms with E-state index < -0.39 is 6.03 Å². The predicted molar refractivity (Wildman–Crippen MR) is 68.7 cm³/mol. The highest BCUT2D eigenvalue weighted by Crippen LogP contribution is 2.37. The summed E-state index contributed by atoms with van der Waals surface area (Å²) in [6, 6.07) is 5.23. The predicted octanol–water partition coefficient (Wildman–Crippen LogP) is 1.51. The number of rotatable bonds is 1. The minimum Gasteiger partial charge on any atom is -0.388 e. The number of fused-ring (bicyclic) bond motifs is 1. The molecule has 0 saturated heterocycles. The number of carbonyl (C=O) groups is 2. The van der Waals surface area contributed by atoms with Crippen molar-refractivity contribution >= 4 is 35.1 Å². The van der Waals surface area contributed by atoms with Crippen LogP contribution in [0.25, 0.3) is 0 Å². The first-order valence-corrected chi connectivity index (χ1v) is 6.15. The fraction of sp³-hybridized carbons (Fsp3) is 0.273. The number of amides is 3. The monoisotopic (exact) mass is 251 g/mol. The minimum atomic E-state index is -0.398. The SMILES string of the molecule is CNC(=O)N1C(=O)CSc2ccc(NC)cc21. The Morgan fingerprint density at radius 3 is 2.82 bits per heavy atom. The van der Waals surface area contributed by atoms with Crippen LogP contribution < -0.4 is 15.5 Å². The second-order valence-corrected chi connectivity index (χ2v) is 4.52. The topological polar surface area (TPSA) is 61.4 Å². The summed E-state index contributed by atoms with van der Waals surface area (Å²) in [4.78, 5) is 25.6. The minimum absolute atomic E-state index is 0.199. The number of nitrogens with one attached hydrogen (secondary N) is 2. The van der Waals surface area contributed by atoms with Gasteiger partial charge in [-0.25, -0.2) is 9.69 Å². The van der Waals surface area contributed by atoms with Gasteiger partial charge in [0.25, 0.3) is 0 Å². The molecule has 0 atom stereocenters. The van der Waals surface area contributed by atoms with E-state index in [1.807, 2.05) is 12.1 Å². The molecule has 0 aromatic heterocycles. The Labute approximate surface area is 104 Å². The molecule has 3 amide bonds. The summed E-state index contributed by atoms with van der Waals surface area (Å²) in [5.41, 5.74) is 1.51. The van der Waals surface area contributed by atoms with E-state index in [2.05, 4.69) is 10.6 Å². The lowest BCUT2D eigenvalue weighted by molar-refractivity contribution is -0.115. The first-order valence-electron chi connectivity index (χ1n) is 5.16. The van der Waals surface area contributed by atoms with Gasteiger partial charge in [0, 0.05) is 24.7 Å². The van der Waals surface area contributed by atoms with Crippen molar-refractivity contribution in [3.05, 3.63) is 18.2 Å². The lowest BCUT2D eigenvalue weighted by atomic mass is 10.2. The van der Waals surface area contributed by atoms with Gasteiger partial charge in [0.05, 0.1) is 11.4 Å². The second kappa shape index (κ2) is 4.67. The van der Waals surface area contributed by atoms with Gasteiger partial charge < -0.3 is 10.6 Å². The molecule has 0 saturated carbocycles. The van der Waals surface area contributed by atoms with Gasteiger partial charge in [-0.2, -0.15) is 0 Å². The van der Waals surface area contributed by atoms with E-state index in [1.165, 1.54) is 23.7 Å². The zero-order valence-electron chi connectivity index (χ0n) is 9.61. The molecular weight excluding hydrogens is 238 g/mol. The molecule has 0 radical (unpaired) electrons. The zero-order chi connectivity index (χ0) is 12.4. The highest BCUT2D eigenvalue weighted by molar-refractivity contribution is 8.00. The van der Waals surface area contributed by atoms with Crippen molar-refractivity contribution in [1.29, 1.82) is 0 Å². The number of hydrogen-bond donors (Lipinski definition) is 2. The molecule has 5 nitrogen and oxygen atoms in total. The molecule has 0 fully saturated rings. The van der Waals surface area contributed by atoms with Gasteiger partial charge in [-0.3, -0.25) is 4.79 Å². The third-order valence-corrected chi connectivity index (χ3v) is 3.55. The average molecular weight is 251 g/mol. The molecule has 2 rings (SSSR count). The number of urea groups is 1. The fourth-order valence-electron chi connectivity index (χ4n) is 1.64. The Hall–Kier alpha value is -1.69. The molecule has 1 heterocycles. The fourth-order valence-corrected chi connectivity index (χ4v) is 2.51. The van der Waals surface area contributed by atoms with Crippen molar-refractivity contribution in [3.8, 4) is 0 Å². The number of anilines is 2. The van der Waals surface area contributed by atoms with Gasteiger partial charge in [-0.1, -0.05) is 0 Å². The number of benzene rings is 1. The van der Waals surface area contributed by atoms with E-state index in [0.29, 0.717) is 11.4 Å². The van der Waals surface area contributed by atoms with E-state index >= 15 is 0 Å². The van der Waals surface area contributed by atoms with Crippen LogP contribution in [0.15, 0.2) is 23.1 Å². The molecule has 90 valence electrons. The standard InChI is InChI=1S/C11H13N3O2S/c1-12-7-3-4-9-8(5-7)14(11(16)13-2)10(15)6-17-9/h3-5,12H,6H2,1-2H3,(H,13,16). The van der Waals surface area contributed by atoms with Crippen LogP contribution in [0, 0.1) is 0 Å². The van der Waals surface area contributed by atoms with Crippen molar-refractivity contribution in [2.75, 3.05) is 30.1 Å². The normalized spacial score (nSPS) is 14.2. The molecule has 1 aliphatic heterocycles. The molecule has 0 unspecified atom stereocenters. The van der Waals surface area contributed by atoms with Crippen LogP contribution in [0.5, 0.6) is 0 Å². The summed E-state index contributed by atoms with van der Waals surface area (Å²) in [5.74, 6) is 0.0920.